The van der Waals surface area contributed by atoms with Crippen molar-refractivity contribution in [3.05, 3.63) is 35.9 Å². The number of nitrogens with zero attached hydrogens (tertiary/aromatic N) is 1. The van der Waals surface area contributed by atoms with Gasteiger partial charge in [-0.2, -0.15) is 0 Å². The Balaban J connectivity index is 1.61. The van der Waals surface area contributed by atoms with Crippen molar-refractivity contribution in [2.75, 3.05) is 26.2 Å². The van der Waals surface area contributed by atoms with Crippen LogP contribution >= 0.6 is 0 Å². The van der Waals surface area contributed by atoms with E-state index >= 15 is 0 Å². The number of piperidine rings is 1. The molecule has 0 unspecified atom stereocenters. The lowest BCUT2D eigenvalue weighted by molar-refractivity contribution is -0.0943. The molecule has 1 amide bonds. The Morgan fingerprint density at radius 3 is 2.80 bits per heavy atom. The Bertz CT molecular complexity index is 457. The molecule has 5 heteroatoms. The van der Waals surface area contributed by atoms with Crippen LogP contribution in [0, 0.1) is 0 Å². The second-order valence-electron chi connectivity index (χ2n) is 5.24. The summed E-state index contributed by atoms with van der Waals surface area (Å²) in [5.41, 5.74) is 0.555. The zero-order valence-corrected chi connectivity index (χ0v) is 11.5. The molecule has 0 aromatic heterocycles. The molecule has 1 N–H and O–H groups in total. The molecule has 2 aliphatic rings. The number of carbonyl (C=O) groups excluding carboxylic acids is 1. The monoisotopic (exact) mass is 276 g/mol. The van der Waals surface area contributed by atoms with Crippen LogP contribution in [0.1, 0.15) is 18.4 Å². The minimum absolute atomic E-state index is 0.270. The van der Waals surface area contributed by atoms with E-state index in [0.29, 0.717) is 19.8 Å². The van der Waals surface area contributed by atoms with Gasteiger partial charge in [0.25, 0.3) is 0 Å². The molecule has 108 valence electrons. The van der Waals surface area contributed by atoms with Gasteiger partial charge in [0.2, 0.25) is 0 Å². The first-order chi connectivity index (χ1) is 9.80. The largest absolute Gasteiger partial charge is 0.444 e. The third kappa shape index (κ3) is 2.64. The highest BCUT2D eigenvalue weighted by Crippen LogP contribution is 2.32. The Hall–Kier alpha value is -1.59. The van der Waals surface area contributed by atoms with Crippen molar-refractivity contribution < 1.29 is 14.3 Å². The molecule has 2 fully saturated rings. The molecule has 2 aliphatic heterocycles. The van der Waals surface area contributed by atoms with Crippen molar-refractivity contribution in [3.8, 4) is 0 Å². The van der Waals surface area contributed by atoms with Gasteiger partial charge in [-0.1, -0.05) is 30.3 Å². The molecule has 0 atom stereocenters. The molecule has 1 aromatic carbocycles. The van der Waals surface area contributed by atoms with Gasteiger partial charge in [-0.05, 0) is 18.7 Å². The van der Waals surface area contributed by atoms with Crippen molar-refractivity contribution in [3.63, 3.8) is 0 Å². The van der Waals surface area contributed by atoms with Crippen LogP contribution in [-0.4, -0.2) is 43.0 Å². The summed E-state index contributed by atoms with van der Waals surface area (Å²) in [6.07, 6.45) is 1.38. The van der Waals surface area contributed by atoms with Crippen molar-refractivity contribution in [2.24, 2.45) is 0 Å². The summed E-state index contributed by atoms with van der Waals surface area (Å²) in [5.74, 6) is 0. The Labute approximate surface area is 118 Å². The Morgan fingerprint density at radius 1 is 1.30 bits per heavy atom. The van der Waals surface area contributed by atoms with Crippen LogP contribution in [0.5, 0.6) is 0 Å². The second-order valence-corrected chi connectivity index (χ2v) is 5.24. The smallest absolute Gasteiger partial charge is 0.412 e. The fourth-order valence-electron chi connectivity index (χ4n) is 2.90. The van der Waals surface area contributed by atoms with Crippen LogP contribution in [0.4, 0.5) is 4.79 Å². The number of rotatable bonds is 2. The third-order valence-corrected chi connectivity index (χ3v) is 3.99. The zero-order chi connectivity index (χ0) is 13.8. The lowest BCUT2D eigenvalue weighted by Crippen LogP contribution is -2.54. The van der Waals surface area contributed by atoms with Gasteiger partial charge in [-0.3, -0.25) is 4.90 Å². The van der Waals surface area contributed by atoms with E-state index in [1.807, 2.05) is 30.3 Å². The average Bonchev–Trinajstić information content (AvgIpc) is 2.90. The highest BCUT2D eigenvalue weighted by molar-refractivity contribution is 5.69. The number of benzene rings is 1. The average molecular weight is 276 g/mol. The van der Waals surface area contributed by atoms with Gasteiger partial charge in [-0.25, -0.2) is 4.79 Å². The third-order valence-electron chi connectivity index (χ3n) is 3.99. The van der Waals surface area contributed by atoms with Crippen molar-refractivity contribution in [2.45, 2.75) is 25.2 Å². The number of hydrogen-bond donors (Lipinski definition) is 1. The number of nitrogens with one attached hydrogen (secondary N) is 1. The molecule has 1 aromatic rings. The number of amides is 1. The molecule has 2 saturated heterocycles. The van der Waals surface area contributed by atoms with Crippen LogP contribution in [0.2, 0.25) is 0 Å². The minimum atomic E-state index is -0.445. The first-order valence-corrected chi connectivity index (χ1v) is 7.13. The van der Waals surface area contributed by atoms with E-state index in [2.05, 4.69) is 5.32 Å². The van der Waals surface area contributed by atoms with Gasteiger partial charge in [0.15, 0.2) is 0 Å². The maximum Gasteiger partial charge on any atom is 0.412 e. The van der Waals surface area contributed by atoms with Crippen molar-refractivity contribution >= 4 is 6.09 Å². The fraction of sp³-hybridized carbons (Fsp3) is 0.533. The zero-order valence-electron chi connectivity index (χ0n) is 11.5. The number of ether oxygens (including phenoxy) is 2. The summed E-state index contributed by atoms with van der Waals surface area (Å²) >= 11 is 0. The van der Waals surface area contributed by atoms with Crippen LogP contribution < -0.4 is 5.32 Å². The molecule has 0 aliphatic carbocycles. The van der Waals surface area contributed by atoms with E-state index in [9.17, 15) is 4.79 Å². The van der Waals surface area contributed by atoms with Gasteiger partial charge in [-0.15, -0.1) is 0 Å². The summed E-state index contributed by atoms with van der Waals surface area (Å²) in [6, 6.07) is 9.73. The van der Waals surface area contributed by atoms with E-state index < -0.39 is 5.72 Å². The SMILES string of the molecule is O=C(OCc1ccccc1)N1CCOC12CCNCC2. The highest BCUT2D eigenvalue weighted by atomic mass is 16.6. The minimum Gasteiger partial charge on any atom is -0.444 e. The van der Waals surface area contributed by atoms with Gasteiger partial charge < -0.3 is 14.8 Å². The summed E-state index contributed by atoms with van der Waals surface area (Å²) < 4.78 is 11.3. The first kappa shape index (κ1) is 13.4. The maximum absolute atomic E-state index is 12.3. The molecule has 5 nitrogen and oxygen atoms in total. The van der Waals surface area contributed by atoms with E-state index in [0.717, 1.165) is 31.5 Å². The quantitative estimate of drug-likeness (QED) is 0.894. The van der Waals surface area contributed by atoms with Gasteiger partial charge in [0.1, 0.15) is 12.3 Å². The normalized spacial score (nSPS) is 21.1. The van der Waals surface area contributed by atoms with Crippen molar-refractivity contribution in [1.82, 2.24) is 10.2 Å². The fourth-order valence-corrected chi connectivity index (χ4v) is 2.90. The highest BCUT2D eigenvalue weighted by Gasteiger charge is 2.46. The van der Waals surface area contributed by atoms with E-state index in [1.54, 1.807) is 4.90 Å². The number of hydrogen-bond acceptors (Lipinski definition) is 4. The molecule has 1 spiro atoms. The first-order valence-electron chi connectivity index (χ1n) is 7.13. The summed E-state index contributed by atoms with van der Waals surface area (Å²) in [5, 5.41) is 3.29. The predicted octanol–water partition coefficient (Wildman–Crippen LogP) is 1.74. The number of carbonyl (C=O) groups is 1. The molecule has 0 radical (unpaired) electrons. The van der Waals surface area contributed by atoms with Gasteiger partial charge >= 0.3 is 6.09 Å². The lowest BCUT2D eigenvalue weighted by Gasteiger charge is -2.39. The summed E-state index contributed by atoms with van der Waals surface area (Å²) in [6.45, 7) is 3.28. The Morgan fingerprint density at radius 2 is 2.05 bits per heavy atom. The van der Waals surface area contributed by atoms with Crippen LogP contribution in [-0.2, 0) is 16.1 Å². The van der Waals surface area contributed by atoms with E-state index in [4.69, 9.17) is 9.47 Å². The van der Waals surface area contributed by atoms with E-state index in [-0.39, 0.29) is 6.09 Å². The molecule has 20 heavy (non-hydrogen) atoms. The van der Waals surface area contributed by atoms with Crippen LogP contribution in [0.25, 0.3) is 0 Å². The Kier molecular flexibility index (Phi) is 3.89. The summed E-state index contributed by atoms with van der Waals surface area (Å²) in [7, 11) is 0. The van der Waals surface area contributed by atoms with Crippen molar-refractivity contribution in [1.29, 1.82) is 0 Å². The van der Waals surface area contributed by atoms with Gasteiger partial charge in [0, 0.05) is 12.8 Å². The summed E-state index contributed by atoms with van der Waals surface area (Å²) in [4.78, 5) is 14.1. The van der Waals surface area contributed by atoms with Gasteiger partial charge in [0.05, 0.1) is 13.2 Å². The predicted molar refractivity (Wildman–Crippen MR) is 74.1 cm³/mol. The molecule has 0 bridgehead atoms. The topological polar surface area (TPSA) is 50.8 Å². The molecule has 3 rings (SSSR count). The lowest BCUT2D eigenvalue weighted by atomic mass is 10.0. The standard InChI is InChI=1S/C15H20N2O3/c18-14(19-12-13-4-2-1-3-5-13)17-10-11-20-15(17)6-8-16-9-7-15/h1-5,16H,6-12H2. The maximum atomic E-state index is 12.3. The van der Waals surface area contributed by atoms with E-state index in [1.165, 1.54) is 0 Å². The molecule has 0 saturated carbocycles. The molecule has 2 heterocycles. The molecular formula is C15H20N2O3. The second kappa shape index (κ2) is 5.81. The molecular weight excluding hydrogens is 256 g/mol. The van der Waals surface area contributed by atoms with Crippen LogP contribution in [0.3, 0.4) is 0 Å². The van der Waals surface area contributed by atoms with Crippen LogP contribution in [0.15, 0.2) is 30.3 Å².